The van der Waals surface area contributed by atoms with Crippen LogP contribution < -0.4 is 0 Å². The fraction of sp³-hybridized carbons (Fsp3) is 1.00. The molecule has 0 N–H and O–H groups in total. The fourth-order valence-electron chi connectivity index (χ4n) is 1.83. The molecule has 0 saturated carbocycles. The van der Waals surface area contributed by atoms with Gasteiger partial charge in [-0.2, -0.15) is 0 Å². The van der Waals surface area contributed by atoms with Crippen molar-refractivity contribution >= 4 is 11.6 Å². The van der Waals surface area contributed by atoms with Crippen LogP contribution in [0.1, 0.15) is 33.6 Å². The van der Waals surface area contributed by atoms with E-state index in [1.165, 1.54) is 12.8 Å². The average Bonchev–Trinajstić information content (AvgIpc) is 2.53. The highest BCUT2D eigenvalue weighted by Gasteiger charge is 2.29. The van der Waals surface area contributed by atoms with Crippen LogP contribution in [0.3, 0.4) is 0 Å². The van der Waals surface area contributed by atoms with Crippen molar-refractivity contribution in [1.82, 2.24) is 0 Å². The number of rotatable bonds is 3. The molecule has 2 heteroatoms. The number of hydrogen-bond acceptors (Lipinski definition) is 1. The van der Waals surface area contributed by atoms with E-state index in [0.717, 1.165) is 6.61 Å². The lowest BCUT2D eigenvalue weighted by atomic mass is 9.92. The van der Waals surface area contributed by atoms with E-state index in [-0.39, 0.29) is 5.38 Å². The number of ether oxygens (including phenoxy) is 1. The highest BCUT2D eigenvalue weighted by Crippen LogP contribution is 2.28. The summed E-state index contributed by atoms with van der Waals surface area (Å²) in [5.41, 5.74) is 0. The minimum atomic E-state index is 0.257. The van der Waals surface area contributed by atoms with Crippen LogP contribution in [0.25, 0.3) is 0 Å². The molecular formula is C10H19ClO. The second-order valence-electron chi connectivity index (χ2n) is 4.10. The summed E-state index contributed by atoms with van der Waals surface area (Å²) < 4.78 is 5.60. The molecule has 1 nitrogen and oxygen atoms in total. The van der Waals surface area contributed by atoms with Gasteiger partial charge in [-0.15, -0.1) is 11.6 Å². The molecule has 0 bridgehead atoms. The van der Waals surface area contributed by atoms with Gasteiger partial charge < -0.3 is 4.74 Å². The summed E-state index contributed by atoms with van der Waals surface area (Å²) in [4.78, 5) is 0. The number of alkyl halides is 1. The first-order valence-corrected chi connectivity index (χ1v) is 5.32. The van der Waals surface area contributed by atoms with Gasteiger partial charge in [0.25, 0.3) is 0 Å². The second kappa shape index (κ2) is 4.48. The van der Waals surface area contributed by atoms with Crippen LogP contribution in [-0.4, -0.2) is 18.1 Å². The molecule has 0 spiro atoms. The number of halogens is 1. The Morgan fingerprint density at radius 2 is 2.00 bits per heavy atom. The summed E-state index contributed by atoms with van der Waals surface area (Å²) in [7, 11) is 0. The van der Waals surface area contributed by atoms with Crippen molar-refractivity contribution in [1.29, 1.82) is 0 Å². The van der Waals surface area contributed by atoms with Crippen molar-refractivity contribution < 1.29 is 4.74 Å². The summed E-state index contributed by atoms with van der Waals surface area (Å²) in [5.74, 6) is 1.04. The molecule has 3 unspecified atom stereocenters. The third kappa shape index (κ3) is 2.37. The van der Waals surface area contributed by atoms with E-state index in [4.69, 9.17) is 16.3 Å². The van der Waals surface area contributed by atoms with Crippen LogP contribution in [-0.2, 0) is 4.74 Å². The molecular weight excluding hydrogens is 172 g/mol. The maximum absolute atomic E-state index is 6.27. The largest absolute Gasteiger partial charge is 0.378 e. The van der Waals surface area contributed by atoms with Crippen LogP contribution in [0.2, 0.25) is 0 Å². The molecule has 1 aliphatic heterocycles. The summed E-state index contributed by atoms with van der Waals surface area (Å²) >= 11 is 6.27. The van der Waals surface area contributed by atoms with E-state index in [0.29, 0.717) is 17.9 Å². The smallest absolute Gasteiger partial charge is 0.0615 e. The summed E-state index contributed by atoms with van der Waals surface area (Å²) in [6, 6.07) is 0. The van der Waals surface area contributed by atoms with Gasteiger partial charge in [-0.25, -0.2) is 0 Å². The predicted molar refractivity (Wildman–Crippen MR) is 52.6 cm³/mol. The molecule has 0 aromatic carbocycles. The topological polar surface area (TPSA) is 9.23 Å². The lowest BCUT2D eigenvalue weighted by Crippen LogP contribution is -2.28. The first kappa shape index (κ1) is 10.3. The SMILES string of the molecule is CC(C)C(Cl)C(C)C1CCCO1. The molecule has 0 amide bonds. The average molecular weight is 191 g/mol. The van der Waals surface area contributed by atoms with Gasteiger partial charge >= 0.3 is 0 Å². The molecule has 72 valence electrons. The molecule has 0 aliphatic carbocycles. The first-order chi connectivity index (χ1) is 5.63. The molecule has 0 aromatic rings. The van der Waals surface area contributed by atoms with Crippen molar-refractivity contribution in [2.45, 2.75) is 45.1 Å². The van der Waals surface area contributed by atoms with Crippen LogP contribution in [0.15, 0.2) is 0 Å². The second-order valence-corrected chi connectivity index (χ2v) is 4.60. The monoisotopic (exact) mass is 190 g/mol. The Labute approximate surface area is 80.4 Å². The Balaban J connectivity index is 2.39. The van der Waals surface area contributed by atoms with E-state index < -0.39 is 0 Å². The highest BCUT2D eigenvalue weighted by atomic mass is 35.5. The normalized spacial score (nSPS) is 29.2. The van der Waals surface area contributed by atoms with Gasteiger partial charge in [0.05, 0.1) is 6.10 Å². The third-order valence-corrected chi connectivity index (χ3v) is 3.59. The minimum absolute atomic E-state index is 0.257. The van der Waals surface area contributed by atoms with Crippen molar-refractivity contribution in [3.8, 4) is 0 Å². The van der Waals surface area contributed by atoms with Crippen molar-refractivity contribution in [2.24, 2.45) is 11.8 Å². The summed E-state index contributed by atoms with van der Waals surface area (Å²) in [6.07, 6.45) is 2.81. The Hall–Kier alpha value is 0.250. The van der Waals surface area contributed by atoms with E-state index in [1.54, 1.807) is 0 Å². The Morgan fingerprint density at radius 3 is 2.42 bits per heavy atom. The molecule has 1 saturated heterocycles. The predicted octanol–water partition coefficient (Wildman–Crippen LogP) is 3.06. The van der Waals surface area contributed by atoms with E-state index in [1.807, 2.05) is 0 Å². The zero-order valence-electron chi connectivity index (χ0n) is 8.22. The van der Waals surface area contributed by atoms with Crippen molar-refractivity contribution in [3.63, 3.8) is 0 Å². The molecule has 0 radical (unpaired) electrons. The van der Waals surface area contributed by atoms with Crippen LogP contribution in [0, 0.1) is 11.8 Å². The maximum Gasteiger partial charge on any atom is 0.0615 e. The van der Waals surface area contributed by atoms with E-state index >= 15 is 0 Å². The standard InChI is InChI=1S/C10H19ClO/c1-7(2)10(11)8(3)9-5-4-6-12-9/h7-10H,4-6H2,1-3H3. The molecule has 1 aliphatic rings. The Morgan fingerprint density at radius 1 is 1.33 bits per heavy atom. The maximum atomic E-state index is 6.27. The van der Waals surface area contributed by atoms with Gasteiger partial charge in [0.15, 0.2) is 0 Å². The van der Waals surface area contributed by atoms with Crippen LogP contribution in [0.4, 0.5) is 0 Å². The first-order valence-electron chi connectivity index (χ1n) is 4.88. The zero-order chi connectivity index (χ0) is 9.14. The Bertz CT molecular complexity index is 128. The molecule has 3 atom stereocenters. The van der Waals surface area contributed by atoms with E-state index in [2.05, 4.69) is 20.8 Å². The van der Waals surface area contributed by atoms with Crippen molar-refractivity contribution in [2.75, 3.05) is 6.61 Å². The van der Waals surface area contributed by atoms with Gasteiger partial charge in [-0.1, -0.05) is 20.8 Å². The quantitative estimate of drug-likeness (QED) is 0.622. The van der Waals surface area contributed by atoms with Gasteiger partial charge in [0, 0.05) is 12.0 Å². The number of hydrogen-bond donors (Lipinski definition) is 0. The molecule has 1 rings (SSSR count). The van der Waals surface area contributed by atoms with E-state index in [9.17, 15) is 0 Å². The molecule has 1 fully saturated rings. The summed E-state index contributed by atoms with van der Waals surface area (Å²) in [5, 5.41) is 0.257. The van der Waals surface area contributed by atoms with Crippen LogP contribution >= 0.6 is 11.6 Å². The Kier molecular flexibility index (Phi) is 3.85. The van der Waals surface area contributed by atoms with Crippen molar-refractivity contribution in [3.05, 3.63) is 0 Å². The van der Waals surface area contributed by atoms with Crippen LogP contribution in [0.5, 0.6) is 0 Å². The lowest BCUT2D eigenvalue weighted by Gasteiger charge is -2.25. The van der Waals surface area contributed by atoms with Gasteiger partial charge in [-0.05, 0) is 24.7 Å². The minimum Gasteiger partial charge on any atom is -0.378 e. The van der Waals surface area contributed by atoms with Gasteiger partial charge in [-0.3, -0.25) is 0 Å². The highest BCUT2D eigenvalue weighted by molar-refractivity contribution is 6.21. The third-order valence-electron chi connectivity index (χ3n) is 2.69. The summed E-state index contributed by atoms with van der Waals surface area (Å²) in [6.45, 7) is 7.47. The molecule has 0 aromatic heterocycles. The molecule has 12 heavy (non-hydrogen) atoms. The fourth-order valence-corrected chi connectivity index (χ4v) is 1.99. The lowest BCUT2D eigenvalue weighted by molar-refractivity contribution is 0.0634. The van der Waals surface area contributed by atoms with Gasteiger partial charge in [0.1, 0.15) is 0 Å². The zero-order valence-corrected chi connectivity index (χ0v) is 8.97. The van der Waals surface area contributed by atoms with Gasteiger partial charge in [0.2, 0.25) is 0 Å². The molecule has 1 heterocycles.